The van der Waals surface area contributed by atoms with E-state index in [0.717, 1.165) is 11.8 Å². The van der Waals surface area contributed by atoms with Crippen LogP contribution >= 0.6 is 0 Å². The van der Waals surface area contributed by atoms with Crippen LogP contribution in [0, 0.1) is 0 Å². The van der Waals surface area contributed by atoms with E-state index in [0.29, 0.717) is 13.0 Å². The van der Waals surface area contributed by atoms with Crippen LogP contribution in [0.2, 0.25) is 0 Å². The summed E-state index contributed by atoms with van der Waals surface area (Å²) in [5, 5.41) is 16.1. The summed E-state index contributed by atoms with van der Waals surface area (Å²) < 4.78 is 5.30. The maximum absolute atomic E-state index is 10.4. The number of carbonyl (C=O) groups is 2. The summed E-state index contributed by atoms with van der Waals surface area (Å²) in [6.07, 6.45) is 1.17. The highest BCUT2D eigenvalue weighted by Crippen LogP contribution is 2.09. The number of hydrogen-bond donors (Lipinski definition) is 2. The van der Waals surface area contributed by atoms with Gasteiger partial charge in [0.05, 0.1) is 6.61 Å². The number of carboxylic acids is 2. The van der Waals surface area contributed by atoms with Crippen LogP contribution in [0.25, 0.3) is 0 Å². The summed E-state index contributed by atoms with van der Waals surface area (Å²) in [7, 11) is 0. The quantitative estimate of drug-likeness (QED) is 0.770. The second kappa shape index (κ2) is 9.47. The molecule has 0 amide bonds. The van der Waals surface area contributed by atoms with Gasteiger partial charge in [0.15, 0.2) is 0 Å². The van der Waals surface area contributed by atoms with E-state index in [9.17, 15) is 9.59 Å². The maximum Gasteiger partial charge on any atom is 0.331 e. The zero-order valence-electron chi connectivity index (χ0n) is 10.4. The van der Waals surface area contributed by atoms with E-state index in [-0.39, 0.29) is 5.57 Å². The Hall–Kier alpha value is -2.56. The van der Waals surface area contributed by atoms with Gasteiger partial charge in [-0.05, 0) is 12.1 Å². The van der Waals surface area contributed by atoms with Gasteiger partial charge >= 0.3 is 11.9 Å². The van der Waals surface area contributed by atoms with Gasteiger partial charge in [-0.25, -0.2) is 9.59 Å². The van der Waals surface area contributed by atoms with E-state index in [1.807, 2.05) is 30.3 Å². The largest absolute Gasteiger partial charge is 0.493 e. The van der Waals surface area contributed by atoms with Crippen molar-refractivity contribution in [2.24, 2.45) is 0 Å². The molecule has 1 aromatic rings. The number of para-hydroxylation sites is 1. The van der Waals surface area contributed by atoms with Gasteiger partial charge in [-0.2, -0.15) is 0 Å². The fraction of sp³-hybridized carbons (Fsp3) is 0.143. The first-order valence-electron chi connectivity index (χ1n) is 5.41. The molecular weight excluding hydrogens is 248 g/mol. The molecule has 0 radical (unpaired) electrons. The van der Waals surface area contributed by atoms with Crippen molar-refractivity contribution in [3.8, 4) is 5.75 Å². The first-order valence-corrected chi connectivity index (χ1v) is 5.41. The van der Waals surface area contributed by atoms with E-state index < -0.39 is 11.9 Å². The lowest BCUT2D eigenvalue weighted by Crippen LogP contribution is -2.05. The van der Waals surface area contributed by atoms with E-state index in [1.54, 1.807) is 0 Å². The van der Waals surface area contributed by atoms with E-state index in [2.05, 4.69) is 13.2 Å². The number of hydrogen-bond acceptors (Lipinski definition) is 3. The third-order valence-electron chi connectivity index (χ3n) is 1.89. The van der Waals surface area contributed by atoms with Crippen molar-refractivity contribution in [1.29, 1.82) is 0 Å². The van der Waals surface area contributed by atoms with E-state index >= 15 is 0 Å². The lowest BCUT2D eigenvalue weighted by atomic mass is 10.2. The molecule has 0 heterocycles. The van der Waals surface area contributed by atoms with Crippen LogP contribution in [-0.4, -0.2) is 28.8 Å². The minimum Gasteiger partial charge on any atom is -0.493 e. The summed E-state index contributed by atoms with van der Waals surface area (Å²) in [4.78, 5) is 19.6. The summed E-state index contributed by atoms with van der Waals surface area (Å²) in [6.45, 7) is 6.71. The normalized spacial score (nSPS) is 8.63. The standard InChI is InChI=1S/C11H12O3.C3H4O2/c1-9(11(12)13)7-8-14-10-5-3-2-4-6-10;1-2-3(4)5/h2-6H,1,7-8H2,(H,12,13);2H,1H2,(H,4,5). The van der Waals surface area contributed by atoms with E-state index in [1.165, 1.54) is 0 Å². The fourth-order valence-corrected chi connectivity index (χ4v) is 0.916. The monoisotopic (exact) mass is 264 g/mol. The Morgan fingerprint density at radius 2 is 1.74 bits per heavy atom. The van der Waals surface area contributed by atoms with Crippen LogP contribution in [0.4, 0.5) is 0 Å². The molecule has 0 aliphatic heterocycles. The Labute approximate surface area is 111 Å². The molecule has 1 aromatic carbocycles. The predicted molar refractivity (Wildman–Crippen MR) is 71.2 cm³/mol. The Kier molecular flexibility index (Phi) is 8.19. The molecule has 0 atom stereocenters. The molecule has 19 heavy (non-hydrogen) atoms. The van der Waals surface area contributed by atoms with Gasteiger partial charge in [-0.15, -0.1) is 0 Å². The van der Waals surface area contributed by atoms with Crippen LogP contribution in [-0.2, 0) is 9.59 Å². The Morgan fingerprint density at radius 3 is 2.16 bits per heavy atom. The number of rotatable bonds is 6. The molecule has 1 rings (SSSR count). The predicted octanol–water partition coefficient (Wildman–Crippen LogP) is 2.35. The minimum absolute atomic E-state index is 0.168. The first-order chi connectivity index (χ1) is 8.97. The van der Waals surface area contributed by atoms with Gasteiger partial charge < -0.3 is 14.9 Å². The van der Waals surface area contributed by atoms with Crippen LogP contribution in [0.5, 0.6) is 5.75 Å². The third kappa shape index (κ3) is 9.17. The zero-order chi connectivity index (χ0) is 14.7. The smallest absolute Gasteiger partial charge is 0.331 e. The molecule has 5 heteroatoms. The molecule has 0 aliphatic rings. The molecule has 0 fully saturated rings. The highest BCUT2D eigenvalue weighted by molar-refractivity contribution is 5.85. The first kappa shape index (κ1) is 16.4. The molecule has 0 saturated heterocycles. The number of carboxylic acid groups (broad SMARTS) is 2. The molecule has 102 valence electrons. The Balaban J connectivity index is 0.000000555. The Bertz CT molecular complexity index is 436. The number of aliphatic carboxylic acids is 2. The molecule has 0 saturated carbocycles. The summed E-state index contributed by atoms with van der Waals surface area (Å²) in [5.41, 5.74) is 0.168. The summed E-state index contributed by atoms with van der Waals surface area (Å²) in [6, 6.07) is 9.26. The van der Waals surface area contributed by atoms with Crippen molar-refractivity contribution in [3.05, 3.63) is 55.1 Å². The van der Waals surface area contributed by atoms with Crippen molar-refractivity contribution in [3.63, 3.8) is 0 Å². The second-order valence-electron chi connectivity index (χ2n) is 3.36. The Morgan fingerprint density at radius 1 is 1.21 bits per heavy atom. The van der Waals surface area contributed by atoms with Gasteiger partial charge in [-0.3, -0.25) is 0 Å². The van der Waals surface area contributed by atoms with Gasteiger partial charge in [0, 0.05) is 18.1 Å². The average molecular weight is 264 g/mol. The van der Waals surface area contributed by atoms with Crippen LogP contribution in [0.1, 0.15) is 6.42 Å². The molecule has 5 nitrogen and oxygen atoms in total. The van der Waals surface area contributed by atoms with Crippen LogP contribution in [0.3, 0.4) is 0 Å². The van der Waals surface area contributed by atoms with Gasteiger partial charge in [0.2, 0.25) is 0 Å². The molecule has 0 aromatic heterocycles. The SMILES string of the molecule is C=C(CCOc1ccccc1)C(=O)O.C=CC(=O)O. The van der Waals surface area contributed by atoms with Crippen molar-refractivity contribution in [2.45, 2.75) is 6.42 Å². The number of benzene rings is 1. The highest BCUT2D eigenvalue weighted by atomic mass is 16.5. The van der Waals surface area contributed by atoms with Crippen molar-refractivity contribution in [2.75, 3.05) is 6.61 Å². The molecule has 0 spiro atoms. The average Bonchev–Trinajstić information content (AvgIpc) is 2.40. The topological polar surface area (TPSA) is 83.8 Å². The molecule has 0 aliphatic carbocycles. The summed E-state index contributed by atoms with van der Waals surface area (Å²) in [5.74, 6) is -1.21. The van der Waals surface area contributed by atoms with E-state index in [4.69, 9.17) is 14.9 Å². The van der Waals surface area contributed by atoms with Crippen LogP contribution < -0.4 is 4.74 Å². The lowest BCUT2D eigenvalue weighted by molar-refractivity contribution is -0.133. The third-order valence-corrected chi connectivity index (χ3v) is 1.89. The molecular formula is C14H16O5. The van der Waals surface area contributed by atoms with Gasteiger partial charge in [0.25, 0.3) is 0 Å². The highest BCUT2D eigenvalue weighted by Gasteiger charge is 2.03. The molecule has 2 N–H and O–H groups in total. The van der Waals surface area contributed by atoms with Crippen molar-refractivity contribution in [1.82, 2.24) is 0 Å². The van der Waals surface area contributed by atoms with Crippen LogP contribution in [0.15, 0.2) is 55.1 Å². The van der Waals surface area contributed by atoms with Gasteiger partial charge in [0.1, 0.15) is 5.75 Å². The summed E-state index contributed by atoms with van der Waals surface area (Å²) >= 11 is 0. The minimum atomic E-state index is -0.981. The lowest BCUT2D eigenvalue weighted by Gasteiger charge is -2.04. The molecule has 0 unspecified atom stereocenters. The molecule has 0 bridgehead atoms. The second-order valence-corrected chi connectivity index (χ2v) is 3.36. The van der Waals surface area contributed by atoms with Crippen molar-refractivity contribution < 1.29 is 24.5 Å². The zero-order valence-corrected chi connectivity index (χ0v) is 10.4. The number of ether oxygens (including phenoxy) is 1. The maximum atomic E-state index is 10.4. The fourth-order valence-electron chi connectivity index (χ4n) is 0.916. The van der Waals surface area contributed by atoms with Gasteiger partial charge in [-0.1, -0.05) is 31.4 Å². The van der Waals surface area contributed by atoms with Crippen molar-refractivity contribution >= 4 is 11.9 Å².